The molecule has 0 amide bonds. The zero-order chi connectivity index (χ0) is 19.8. The predicted molar refractivity (Wildman–Crippen MR) is 145 cm³/mol. The molecule has 0 fully saturated rings. The molecule has 0 saturated heterocycles. The van der Waals surface area contributed by atoms with Crippen molar-refractivity contribution in [2.45, 2.75) is 74.0 Å². The third-order valence-corrected chi connectivity index (χ3v) is 6.84. The van der Waals surface area contributed by atoms with Crippen LogP contribution in [0.3, 0.4) is 0 Å². The van der Waals surface area contributed by atoms with Crippen molar-refractivity contribution in [2.24, 2.45) is 5.92 Å². The maximum Gasteiger partial charge on any atom is 0.0775 e. The van der Waals surface area contributed by atoms with Crippen molar-refractivity contribution in [1.82, 2.24) is 0 Å². The minimum atomic E-state index is -1.13. The maximum absolute atomic E-state index is 3.60. The Labute approximate surface area is 212 Å². The maximum atomic E-state index is 3.60. The van der Waals surface area contributed by atoms with Crippen molar-refractivity contribution >= 4 is 28.7 Å². The Kier molecular flexibility index (Phi) is 30.2. The Hall–Kier alpha value is -0.152. The van der Waals surface area contributed by atoms with E-state index in [4.69, 9.17) is 0 Å². The van der Waals surface area contributed by atoms with Gasteiger partial charge in [0, 0.05) is 21.7 Å². The van der Waals surface area contributed by atoms with Gasteiger partial charge in [-0.25, -0.2) is 5.57 Å². The van der Waals surface area contributed by atoms with Crippen molar-refractivity contribution in [3.05, 3.63) is 83.2 Å². The molecule has 1 aliphatic carbocycles. The van der Waals surface area contributed by atoms with E-state index in [0.29, 0.717) is 5.92 Å². The summed E-state index contributed by atoms with van der Waals surface area (Å²) >= 11 is 0. The summed E-state index contributed by atoms with van der Waals surface area (Å²) in [5, 5.41) is 2.72. The SMILES string of the molecule is CC1=[C-]C(C)C(C)=C1C.Cc1cc([Si])cc([Si](C)(C)C)c1.[CH2-]CCC.[CH3-].[CH3-].[CH3-].[CH3-].[Ti]. The van der Waals surface area contributed by atoms with E-state index in [1.165, 1.54) is 39.1 Å². The number of allylic oxidation sites excluding steroid dienone is 4. The topological polar surface area (TPSA) is 0 Å². The zero-order valence-corrected chi connectivity index (χ0v) is 26.0. The van der Waals surface area contributed by atoms with Crippen molar-refractivity contribution in [3.63, 3.8) is 0 Å². The van der Waals surface area contributed by atoms with Gasteiger partial charge in [0.05, 0.1) is 18.3 Å². The van der Waals surface area contributed by atoms with Crippen LogP contribution in [-0.2, 0) is 21.7 Å². The van der Waals surface area contributed by atoms with Gasteiger partial charge in [-0.2, -0.15) is 17.6 Å². The fourth-order valence-electron chi connectivity index (χ4n) is 2.38. The summed E-state index contributed by atoms with van der Waals surface area (Å²) in [6.45, 7) is 23.6. The Bertz CT molecular complexity index is 586. The molecule has 1 atom stereocenters. The Morgan fingerprint density at radius 1 is 0.967 bits per heavy atom. The summed E-state index contributed by atoms with van der Waals surface area (Å²) in [6.07, 6.45) is 5.64. The zero-order valence-electron chi connectivity index (χ0n) is 22.4. The van der Waals surface area contributed by atoms with E-state index in [-0.39, 0.29) is 51.4 Å². The molecule has 175 valence electrons. The van der Waals surface area contributed by atoms with Crippen molar-refractivity contribution < 1.29 is 21.7 Å². The van der Waals surface area contributed by atoms with Gasteiger partial charge in [0.25, 0.3) is 0 Å². The van der Waals surface area contributed by atoms with Crippen LogP contribution in [-0.4, -0.2) is 18.3 Å². The molecule has 1 aromatic rings. The molecule has 0 nitrogen and oxygen atoms in total. The third kappa shape index (κ3) is 16.5. The molecule has 3 radical (unpaired) electrons. The molecule has 0 spiro atoms. The van der Waals surface area contributed by atoms with Gasteiger partial charge in [-0.1, -0.05) is 93.8 Å². The van der Waals surface area contributed by atoms with Crippen molar-refractivity contribution in [1.29, 1.82) is 0 Å². The second kappa shape index (κ2) is 20.7. The fraction of sp³-hybridized carbons (Fsp3) is 0.444. The summed E-state index contributed by atoms with van der Waals surface area (Å²) in [4.78, 5) is 0. The molecule has 0 aromatic heterocycles. The van der Waals surface area contributed by atoms with Gasteiger partial charge in [-0.3, -0.25) is 6.08 Å². The molecule has 1 unspecified atom stereocenters. The summed E-state index contributed by atoms with van der Waals surface area (Å²) in [5.41, 5.74) is 5.59. The number of aryl methyl sites for hydroxylation is 1. The molecule has 0 aliphatic heterocycles. The fourth-order valence-corrected chi connectivity index (χ4v) is 4.15. The summed E-state index contributed by atoms with van der Waals surface area (Å²) in [6, 6.07) is 6.70. The van der Waals surface area contributed by atoms with Crippen molar-refractivity contribution in [3.8, 4) is 0 Å². The van der Waals surface area contributed by atoms with Gasteiger partial charge >= 0.3 is 0 Å². The molecule has 0 bridgehead atoms. The Balaban J connectivity index is -0.0000000726. The second-order valence-electron chi connectivity index (χ2n) is 7.99. The quantitative estimate of drug-likeness (QED) is 0.306. The van der Waals surface area contributed by atoms with Crippen LogP contribution in [0.5, 0.6) is 0 Å². The van der Waals surface area contributed by atoms with Crippen LogP contribution in [0.25, 0.3) is 0 Å². The first kappa shape index (κ1) is 43.7. The number of benzene rings is 1. The van der Waals surface area contributed by atoms with Gasteiger partial charge in [0.1, 0.15) is 0 Å². The Morgan fingerprint density at radius 3 is 1.60 bits per heavy atom. The standard InChI is InChI=1S/C10H15Si2.C9H13.C4H9.4CH3.Ti/c1-8-5-9(11)7-10(6-8)12(2,3)4;1-6-5-7(2)9(4)8(6)3;1-3-4-2;;;;;/h5-7H,1-4H3;6H,1-4H3;1,3-4H2,2H3;4*1H3;/q;6*-1;. The molecule has 0 N–H and O–H groups in total. The molecule has 3 heteroatoms. The van der Waals surface area contributed by atoms with Gasteiger partial charge in [0.2, 0.25) is 0 Å². The van der Waals surface area contributed by atoms with Crippen LogP contribution in [0, 0.1) is 55.5 Å². The van der Waals surface area contributed by atoms with E-state index < -0.39 is 8.07 Å². The van der Waals surface area contributed by atoms with Gasteiger partial charge in [-0.05, 0) is 6.92 Å². The third-order valence-electron chi connectivity index (χ3n) is 4.53. The van der Waals surface area contributed by atoms with Crippen LogP contribution in [0.1, 0.15) is 53.0 Å². The number of hydrogen-bond acceptors (Lipinski definition) is 0. The summed E-state index contributed by atoms with van der Waals surface area (Å²) in [5.74, 6) is 0.560. The van der Waals surface area contributed by atoms with E-state index in [1.54, 1.807) is 0 Å². The van der Waals surface area contributed by atoms with Crippen LogP contribution < -0.4 is 10.4 Å². The van der Waals surface area contributed by atoms with E-state index in [1.807, 2.05) is 0 Å². The smallest absolute Gasteiger partial charge is 0.0775 e. The molecule has 1 aliphatic rings. The monoisotopic (exact) mass is 477 g/mol. The molecule has 30 heavy (non-hydrogen) atoms. The first-order valence-electron chi connectivity index (χ1n) is 9.34. The average molecular weight is 478 g/mol. The first-order chi connectivity index (χ1) is 11.4. The molecule has 1 aromatic carbocycles. The first-order valence-corrected chi connectivity index (χ1v) is 13.3. The number of unbranched alkanes of at least 4 members (excludes halogenated alkanes) is 1. The van der Waals surface area contributed by atoms with Gasteiger partial charge in [-0.15, -0.1) is 6.92 Å². The molecule has 2 rings (SSSR count). The van der Waals surface area contributed by atoms with E-state index in [9.17, 15) is 0 Å². The minimum Gasteiger partial charge on any atom is -0.358 e. The normalized spacial score (nSPS) is 13.8. The number of hydrogen-bond donors (Lipinski definition) is 0. The summed E-state index contributed by atoms with van der Waals surface area (Å²) < 4.78 is 0. The van der Waals surface area contributed by atoms with Crippen LogP contribution in [0.15, 0.2) is 34.9 Å². The molecule has 0 saturated carbocycles. The van der Waals surface area contributed by atoms with Crippen LogP contribution in [0.4, 0.5) is 0 Å². The van der Waals surface area contributed by atoms with E-state index in [2.05, 4.69) is 103 Å². The van der Waals surface area contributed by atoms with Gasteiger partial charge in [0.15, 0.2) is 0 Å². The van der Waals surface area contributed by atoms with E-state index in [0.717, 1.165) is 6.42 Å². The van der Waals surface area contributed by atoms with Gasteiger partial charge < -0.3 is 36.6 Å². The average Bonchev–Trinajstić information content (AvgIpc) is 2.73. The number of rotatable bonds is 2. The second-order valence-corrected chi connectivity index (χ2v) is 13.6. The summed E-state index contributed by atoms with van der Waals surface area (Å²) in [7, 11) is 2.45. The minimum absolute atomic E-state index is 0. The van der Waals surface area contributed by atoms with Crippen LogP contribution in [0.2, 0.25) is 19.6 Å². The van der Waals surface area contributed by atoms with Crippen molar-refractivity contribution in [2.75, 3.05) is 0 Å². The Morgan fingerprint density at radius 2 is 1.40 bits per heavy atom. The molecule has 0 heterocycles. The van der Waals surface area contributed by atoms with E-state index >= 15 is 0 Å². The predicted octanol–water partition coefficient (Wildman–Crippen LogP) is 7.48. The molecular formula is C27H49Si2Ti-6. The molecular weight excluding hydrogens is 428 g/mol. The largest absolute Gasteiger partial charge is 0.358 e. The van der Waals surface area contributed by atoms with Crippen LogP contribution >= 0.6 is 0 Å².